The molecule has 0 radical (unpaired) electrons. The Hall–Kier alpha value is -0.790. The van der Waals surface area contributed by atoms with E-state index in [1.807, 2.05) is 6.92 Å². The number of hydrogen-bond acceptors (Lipinski definition) is 2. The summed E-state index contributed by atoms with van der Waals surface area (Å²) in [6.07, 6.45) is 9.11. The first-order chi connectivity index (χ1) is 6.84. The number of hydrogen-bond donors (Lipinski definition) is 0. The molecule has 2 aliphatic rings. The molecule has 1 fully saturated rings. The van der Waals surface area contributed by atoms with Gasteiger partial charge in [0.15, 0.2) is 0 Å². The van der Waals surface area contributed by atoms with Gasteiger partial charge in [0, 0.05) is 0 Å². The molecule has 2 nitrogen and oxygen atoms in total. The first-order valence-corrected chi connectivity index (χ1v) is 5.66. The Labute approximate surface area is 85.3 Å². The van der Waals surface area contributed by atoms with Gasteiger partial charge >= 0.3 is 5.97 Å². The summed E-state index contributed by atoms with van der Waals surface area (Å²) in [6, 6.07) is 0. The molecule has 0 N–H and O–H groups in total. The first kappa shape index (κ1) is 9.75. The van der Waals surface area contributed by atoms with Crippen LogP contribution in [0.25, 0.3) is 0 Å². The normalized spacial score (nSPS) is 37.6. The van der Waals surface area contributed by atoms with Crippen molar-refractivity contribution in [3.8, 4) is 0 Å². The molecule has 0 aromatic rings. The van der Waals surface area contributed by atoms with E-state index in [2.05, 4.69) is 12.2 Å². The summed E-state index contributed by atoms with van der Waals surface area (Å²) in [5.41, 5.74) is 0. The van der Waals surface area contributed by atoms with Gasteiger partial charge in [-0.2, -0.15) is 0 Å². The van der Waals surface area contributed by atoms with Crippen LogP contribution in [0.15, 0.2) is 12.2 Å². The van der Waals surface area contributed by atoms with Crippen LogP contribution in [-0.4, -0.2) is 12.6 Å². The highest BCUT2D eigenvalue weighted by Crippen LogP contribution is 2.53. The van der Waals surface area contributed by atoms with Crippen LogP contribution in [0, 0.1) is 17.8 Å². The van der Waals surface area contributed by atoms with Crippen molar-refractivity contribution >= 4 is 5.97 Å². The highest BCUT2D eigenvalue weighted by molar-refractivity contribution is 5.76. The summed E-state index contributed by atoms with van der Waals surface area (Å²) in [6.45, 7) is 2.40. The lowest BCUT2D eigenvalue weighted by Gasteiger charge is -1.99. The molecular formula is C12H18O2. The van der Waals surface area contributed by atoms with E-state index in [1.54, 1.807) is 0 Å². The number of fused-ring (bicyclic) bond motifs is 1. The summed E-state index contributed by atoms with van der Waals surface area (Å²) >= 11 is 0. The minimum atomic E-state index is 0.0457. The molecule has 78 valence electrons. The second-order valence-corrected chi connectivity index (χ2v) is 4.23. The Kier molecular flexibility index (Phi) is 2.90. The highest BCUT2D eigenvalue weighted by atomic mass is 16.5. The third kappa shape index (κ3) is 1.84. The summed E-state index contributed by atoms with van der Waals surface area (Å²) < 4.78 is 5.08. The van der Waals surface area contributed by atoms with Crippen molar-refractivity contribution in [1.82, 2.24) is 0 Å². The number of allylic oxidation sites excluding steroid dienone is 2. The molecule has 2 aliphatic carbocycles. The van der Waals surface area contributed by atoms with Crippen LogP contribution in [-0.2, 0) is 9.53 Å². The van der Waals surface area contributed by atoms with Crippen LogP contribution < -0.4 is 0 Å². The maximum Gasteiger partial charge on any atom is 0.309 e. The molecule has 0 bridgehead atoms. The van der Waals surface area contributed by atoms with E-state index in [9.17, 15) is 4.79 Å². The Balaban J connectivity index is 1.90. The zero-order chi connectivity index (χ0) is 9.97. The fourth-order valence-electron chi connectivity index (χ4n) is 2.63. The molecule has 0 saturated heterocycles. The average Bonchev–Trinajstić information content (AvgIpc) is 2.77. The molecule has 2 rings (SSSR count). The average molecular weight is 194 g/mol. The molecule has 0 aromatic heterocycles. The number of rotatable bonds is 2. The number of carbonyl (C=O) groups is 1. The molecular weight excluding hydrogens is 176 g/mol. The molecule has 0 amide bonds. The van der Waals surface area contributed by atoms with E-state index in [0.29, 0.717) is 18.4 Å². The van der Waals surface area contributed by atoms with Crippen LogP contribution in [0.2, 0.25) is 0 Å². The predicted octanol–water partition coefficient (Wildman–Crippen LogP) is 2.54. The molecule has 1 unspecified atom stereocenters. The molecule has 2 heteroatoms. The van der Waals surface area contributed by atoms with Crippen LogP contribution in [0.1, 0.15) is 32.6 Å². The van der Waals surface area contributed by atoms with Gasteiger partial charge in [-0.3, -0.25) is 4.79 Å². The third-order valence-corrected chi connectivity index (χ3v) is 3.39. The van der Waals surface area contributed by atoms with Gasteiger partial charge in [0.1, 0.15) is 0 Å². The summed E-state index contributed by atoms with van der Waals surface area (Å²) in [5.74, 6) is 1.53. The van der Waals surface area contributed by atoms with Crippen molar-refractivity contribution in [3.63, 3.8) is 0 Å². The molecule has 0 aromatic carbocycles. The van der Waals surface area contributed by atoms with Gasteiger partial charge in [-0.05, 0) is 44.4 Å². The van der Waals surface area contributed by atoms with Gasteiger partial charge in [-0.25, -0.2) is 0 Å². The Morgan fingerprint density at radius 1 is 1.29 bits per heavy atom. The van der Waals surface area contributed by atoms with Crippen molar-refractivity contribution in [3.05, 3.63) is 12.2 Å². The van der Waals surface area contributed by atoms with Gasteiger partial charge < -0.3 is 4.74 Å². The van der Waals surface area contributed by atoms with E-state index in [0.717, 1.165) is 12.8 Å². The SMILES string of the molecule is CCOC(=O)C1[C@H]2CC/C=C/CC[C@@H]12. The second kappa shape index (κ2) is 4.16. The third-order valence-electron chi connectivity index (χ3n) is 3.39. The fraction of sp³-hybridized carbons (Fsp3) is 0.750. The standard InChI is InChI=1S/C12H18O2/c1-2-14-12(13)11-9-7-5-3-4-6-8-10(9)11/h3-4,9-11H,2,5-8H2,1H3/b4-3+/t9-,10+,11?. The van der Waals surface area contributed by atoms with Crippen LogP contribution >= 0.6 is 0 Å². The Bertz CT molecular complexity index is 229. The Morgan fingerprint density at radius 2 is 1.86 bits per heavy atom. The largest absolute Gasteiger partial charge is 0.466 e. The van der Waals surface area contributed by atoms with Crippen LogP contribution in [0.3, 0.4) is 0 Å². The lowest BCUT2D eigenvalue weighted by atomic mass is 10.1. The van der Waals surface area contributed by atoms with Crippen molar-refractivity contribution in [2.75, 3.05) is 6.61 Å². The zero-order valence-corrected chi connectivity index (χ0v) is 8.74. The van der Waals surface area contributed by atoms with Crippen molar-refractivity contribution in [2.45, 2.75) is 32.6 Å². The molecule has 3 atom stereocenters. The Morgan fingerprint density at radius 3 is 2.36 bits per heavy atom. The highest BCUT2D eigenvalue weighted by Gasteiger charge is 2.54. The van der Waals surface area contributed by atoms with Crippen molar-refractivity contribution < 1.29 is 9.53 Å². The van der Waals surface area contributed by atoms with Gasteiger partial charge in [-0.1, -0.05) is 12.2 Å². The maximum absolute atomic E-state index is 11.6. The monoisotopic (exact) mass is 194 g/mol. The van der Waals surface area contributed by atoms with E-state index in [-0.39, 0.29) is 11.9 Å². The van der Waals surface area contributed by atoms with E-state index < -0.39 is 0 Å². The summed E-state index contributed by atoms with van der Waals surface area (Å²) in [7, 11) is 0. The topological polar surface area (TPSA) is 26.3 Å². The quantitative estimate of drug-likeness (QED) is 0.499. The minimum Gasteiger partial charge on any atom is -0.466 e. The number of carbonyl (C=O) groups excluding carboxylic acids is 1. The lowest BCUT2D eigenvalue weighted by molar-refractivity contribution is -0.145. The maximum atomic E-state index is 11.6. The fourth-order valence-corrected chi connectivity index (χ4v) is 2.63. The van der Waals surface area contributed by atoms with Crippen molar-refractivity contribution in [1.29, 1.82) is 0 Å². The smallest absolute Gasteiger partial charge is 0.309 e. The van der Waals surface area contributed by atoms with Gasteiger partial charge in [0.2, 0.25) is 0 Å². The summed E-state index contributed by atoms with van der Waals surface area (Å²) in [5, 5.41) is 0. The summed E-state index contributed by atoms with van der Waals surface area (Å²) in [4.78, 5) is 11.6. The zero-order valence-electron chi connectivity index (χ0n) is 8.74. The number of esters is 1. The molecule has 0 spiro atoms. The van der Waals surface area contributed by atoms with Gasteiger partial charge in [0.05, 0.1) is 12.5 Å². The first-order valence-electron chi connectivity index (χ1n) is 5.66. The van der Waals surface area contributed by atoms with Crippen LogP contribution in [0.5, 0.6) is 0 Å². The molecule has 0 heterocycles. The van der Waals surface area contributed by atoms with E-state index in [4.69, 9.17) is 4.74 Å². The second-order valence-electron chi connectivity index (χ2n) is 4.23. The lowest BCUT2D eigenvalue weighted by Crippen LogP contribution is -2.08. The van der Waals surface area contributed by atoms with Gasteiger partial charge in [-0.15, -0.1) is 0 Å². The molecule has 1 saturated carbocycles. The van der Waals surface area contributed by atoms with E-state index >= 15 is 0 Å². The predicted molar refractivity (Wildman–Crippen MR) is 54.7 cm³/mol. The molecule has 0 aliphatic heterocycles. The van der Waals surface area contributed by atoms with Crippen molar-refractivity contribution in [2.24, 2.45) is 17.8 Å². The number of ether oxygens (including phenoxy) is 1. The minimum absolute atomic E-state index is 0.0457. The van der Waals surface area contributed by atoms with Crippen LogP contribution in [0.4, 0.5) is 0 Å². The molecule has 14 heavy (non-hydrogen) atoms. The van der Waals surface area contributed by atoms with E-state index in [1.165, 1.54) is 12.8 Å². The van der Waals surface area contributed by atoms with Gasteiger partial charge in [0.25, 0.3) is 0 Å².